The van der Waals surface area contributed by atoms with E-state index in [0.717, 1.165) is 51.7 Å². The summed E-state index contributed by atoms with van der Waals surface area (Å²) in [6.07, 6.45) is 7.28. The third-order valence-electron chi connectivity index (χ3n) is 4.23. The predicted octanol–water partition coefficient (Wildman–Crippen LogP) is 1.86. The Bertz CT molecular complexity index is 203. The normalized spacial score (nSPS) is 29.6. The van der Waals surface area contributed by atoms with Crippen LogP contribution in [0.25, 0.3) is 0 Å². The minimum Gasteiger partial charge on any atom is -0.390 e. The topological polar surface area (TPSA) is 49.7 Å². The maximum Gasteiger partial charge on any atom is 0.0908 e. The number of hydrogen-bond acceptors (Lipinski definition) is 3. The quantitative estimate of drug-likeness (QED) is 0.709. The minimum absolute atomic E-state index is 0.233. The van der Waals surface area contributed by atoms with Crippen LogP contribution >= 0.6 is 0 Å². The Balaban J connectivity index is 1.96. The molecule has 1 aliphatic heterocycles. The molecule has 2 aliphatic rings. The summed E-state index contributed by atoms with van der Waals surface area (Å²) in [4.78, 5) is 0. The summed E-state index contributed by atoms with van der Waals surface area (Å²) in [6, 6.07) is 0. The summed E-state index contributed by atoms with van der Waals surface area (Å²) in [5, 5.41) is 21.0. The molecule has 0 bridgehead atoms. The summed E-state index contributed by atoms with van der Waals surface area (Å²) in [5.74, 6) is 0.233. The van der Waals surface area contributed by atoms with Crippen molar-refractivity contribution in [2.24, 2.45) is 5.92 Å². The van der Waals surface area contributed by atoms with Gasteiger partial charge in [-0.05, 0) is 31.6 Å². The average Bonchev–Trinajstić information content (AvgIpc) is 2.55. The van der Waals surface area contributed by atoms with Crippen molar-refractivity contribution in [3.63, 3.8) is 0 Å². The van der Waals surface area contributed by atoms with E-state index >= 15 is 0 Å². The van der Waals surface area contributed by atoms with E-state index in [1.807, 2.05) is 0 Å². The van der Waals surface area contributed by atoms with Gasteiger partial charge in [-0.15, -0.1) is 0 Å². The van der Waals surface area contributed by atoms with Gasteiger partial charge in [0.05, 0.1) is 11.7 Å². The van der Waals surface area contributed by atoms with E-state index in [1.165, 1.54) is 12.8 Å². The highest BCUT2D eigenvalue weighted by atomic mass is 16.5. The van der Waals surface area contributed by atoms with Gasteiger partial charge in [0.2, 0.25) is 0 Å². The first kappa shape index (κ1) is 12.3. The Labute approximate surface area is 97.8 Å². The largest absolute Gasteiger partial charge is 0.390 e. The molecule has 0 spiro atoms. The van der Waals surface area contributed by atoms with E-state index in [1.54, 1.807) is 0 Å². The lowest BCUT2D eigenvalue weighted by Crippen LogP contribution is -2.47. The molecular weight excluding hydrogens is 204 g/mol. The fourth-order valence-corrected chi connectivity index (χ4v) is 3.11. The van der Waals surface area contributed by atoms with Gasteiger partial charge in [0.25, 0.3) is 0 Å². The molecule has 2 N–H and O–H groups in total. The average molecular weight is 228 g/mol. The highest BCUT2D eigenvalue weighted by Crippen LogP contribution is 2.35. The summed E-state index contributed by atoms with van der Waals surface area (Å²) in [6.45, 7) is 1.47. The van der Waals surface area contributed by atoms with Gasteiger partial charge in [-0.1, -0.05) is 25.7 Å². The van der Waals surface area contributed by atoms with E-state index in [4.69, 9.17) is 4.74 Å². The zero-order valence-corrected chi connectivity index (χ0v) is 10.0. The molecule has 1 heterocycles. The smallest absolute Gasteiger partial charge is 0.0908 e. The standard InChI is InChI=1S/C13H24O3/c14-12(11-5-9-16-10-6-11)13(15)7-3-1-2-4-8-13/h11-12,14-15H,1-10H2. The molecule has 2 rings (SSSR count). The summed E-state index contributed by atoms with van der Waals surface area (Å²) in [5.41, 5.74) is -0.821. The molecule has 1 unspecified atom stereocenters. The highest BCUT2D eigenvalue weighted by molar-refractivity contribution is 4.92. The van der Waals surface area contributed by atoms with Crippen LogP contribution in [0.2, 0.25) is 0 Å². The highest BCUT2D eigenvalue weighted by Gasteiger charge is 2.40. The van der Waals surface area contributed by atoms with Crippen LogP contribution in [0, 0.1) is 5.92 Å². The zero-order chi connectivity index (χ0) is 11.4. The van der Waals surface area contributed by atoms with Crippen LogP contribution < -0.4 is 0 Å². The van der Waals surface area contributed by atoms with Gasteiger partial charge in [-0.2, -0.15) is 0 Å². The van der Waals surface area contributed by atoms with Crippen molar-refractivity contribution in [1.29, 1.82) is 0 Å². The molecule has 3 nitrogen and oxygen atoms in total. The van der Waals surface area contributed by atoms with Gasteiger partial charge in [-0.3, -0.25) is 0 Å². The molecule has 2 fully saturated rings. The molecule has 0 aromatic carbocycles. The van der Waals surface area contributed by atoms with E-state index in [-0.39, 0.29) is 5.92 Å². The summed E-state index contributed by atoms with van der Waals surface area (Å²) >= 11 is 0. The van der Waals surface area contributed by atoms with Gasteiger partial charge in [0, 0.05) is 13.2 Å². The van der Waals surface area contributed by atoms with Crippen LogP contribution in [0.5, 0.6) is 0 Å². The molecular formula is C13H24O3. The third-order valence-corrected chi connectivity index (χ3v) is 4.23. The third kappa shape index (κ3) is 2.76. The Hall–Kier alpha value is -0.120. The zero-order valence-electron chi connectivity index (χ0n) is 10.0. The second kappa shape index (κ2) is 5.48. The monoisotopic (exact) mass is 228 g/mol. The molecule has 94 valence electrons. The lowest BCUT2D eigenvalue weighted by molar-refractivity contribution is -0.125. The van der Waals surface area contributed by atoms with Crippen molar-refractivity contribution < 1.29 is 14.9 Å². The minimum atomic E-state index is -0.821. The second-order valence-corrected chi connectivity index (χ2v) is 5.41. The van der Waals surface area contributed by atoms with Crippen LogP contribution in [-0.4, -0.2) is 35.1 Å². The molecule has 0 amide bonds. The predicted molar refractivity (Wildman–Crippen MR) is 62.2 cm³/mol. The van der Waals surface area contributed by atoms with Gasteiger partial charge < -0.3 is 14.9 Å². The van der Waals surface area contributed by atoms with Crippen molar-refractivity contribution >= 4 is 0 Å². The van der Waals surface area contributed by atoms with Crippen molar-refractivity contribution in [2.75, 3.05) is 13.2 Å². The lowest BCUT2D eigenvalue weighted by Gasteiger charge is -2.38. The van der Waals surface area contributed by atoms with E-state index in [9.17, 15) is 10.2 Å². The molecule has 0 radical (unpaired) electrons. The number of aliphatic hydroxyl groups is 2. The van der Waals surface area contributed by atoms with Crippen molar-refractivity contribution in [3.05, 3.63) is 0 Å². The fourth-order valence-electron chi connectivity index (χ4n) is 3.11. The lowest BCUT2D eigenvalue weighted by atomic mass is 9.78. The maximum atomic E-state index is 10.6. The molecule has 16 heavy (non-hydrogen) atoms. The maximum absolute atomic E-state index is 10.6. The number of hydrogen-bond donors (Lipinski definition) is 2. The summed E-state index contributed by atoms with van der Waals surface area (Å²) in [7, 11) is 0. The molecule has 1 saturated heterocycles. The number of ether oxygens (including phenoxy) is 1. The summed E-state index contributed by atoms with van der Waals surface area (Å²) < 4.78 is 5.30. The number of aliphatic hydroxyl groups excluding tert-OH is 1. The Morgan fingerprint density at radius 3 is 2.12 bits per heavy atom. The van der Waals surface area contributed by atoms with E-state index in [2.05, 4.69) is 0 Å². The van der Waals surface area contributed by atoms with Crippen molar-refractivity contribution in [2.45, 2.75) is 63.1 Å². The number of rotatable bonds is 2. The first-order chi connectivity index (χ1) is 7.72. The van der Waals surface area contributed by atoms with Crippen LogP contribution in [0.15, 0.2) is 0 Å². The van der Waals surface area contributed by atoms with Gasteiger partial charge in [-0.25, -0.2) is 0 Å². The molecule has 1 saturated carbocycles. The van der Waals surface area contributed by atoms with Gasteiger partial charge in [0.15, 0.2) is 0 Å². The van der Waals surface area contributed by atoms with Crippen LogP contribution in [0.3, 0.4) is 0 Å². The molecule has 1 aliphatic carbocycles. The van der Waals surface area contributed by atoms with Crippen LogP contribution in [0.4, 0.5) is 0 Å². The van der Waals surface area contributed by atoms with E-state index in [0.29, 0.717) is 0 Å². The Morgan fingerprint density at radius 1 is 1.00 bits per heavy atom. The first-order valence-electron chi connectivity index (χ1n) is 6.70. The van der Waals surface area contributed by atoms with E-state index < -0.39 is 11.7 Å². The second-order valence-electron chi connectivity index (χ2n) is 5.41. The Kier molecular flexibility index (Phi) is 4.22. The Morgan fingerprint density at radius 2 is 1.56 bits per heavy atom. The van der Waals surface area contributed by atoms with Crippen molar-refractivity contribution in [3.8, 4) is 0 Å². The first-order valence-corrected chi connectivity index (χ1v) is 6.70. The molecule has 0 aromatic rings. The van der Waals surface area contributed by atoms with Gasteiger partial charge >= 0.3 is 0 Å². The van der Waals surface area contributed by atoms with Crippen LogP contribution in [0.1, 0.15) is 51.4 Å². The SMILES string of the molecule is OC(C1CCOCC1)C1(O)CCCCCC1. The van der Waals surface area contributed by atoms with Gasteiger partial charge in [0.1, 0.15) is 0 Å². The molecule has 1 atom stereocenters. The fraction of sp³-hybridized carbons (Fsp3) is 1.00. The van der Waals surface area contributed by atoms with Crippen molar-refractivity contribution in [1.82, 2.24) is 0 Å². The molecule has 0 aromatic heterocycles. The molecule has 3 heteroatoms. The van der Waals surface area contributed by atoms with Crippen LogP contribution in [-0.2, 0) is 4.74 Å².